The van der Waals surface area contributed by atoms with Gasteiger partial charge in [-0.05, 0) is 30.7 Å². The number of aliphatic hydroxyl groups is 1. The van der Waals surface area contributed by atoms with Crippen LogP contribution in [0.3, 0.4) is 0 Å². The number of benzene rings is 1. The Kier molecular flexibility index (Phi) is 5.32. The Labute approximate surface area is 171 Å². The van der Waals surface area contributed by atoms with Gasteiger partial charge in [-0.15, -0.1) is 0 Å². The van der Waals surface area contributed by atoms with Crippen LogP contribution in [-0.4, -0.2) is 58.7 Å². The molecule has 0 radical (unpaired) electrons. The van der Waals surface area contributed by atoms with Gasteiger partial charge in [-0.25, -0.2) is 0 Å². The lowest BCUT2D eigenvalue weighted by molar-refractivity contribution is -0.135. The number of nitrogens with zero attached hydrogens (tertiary/aromatic N) is 3. The van der Waals surface area contributed by atoms with Crippen molar-refractivity contribution >= 4 is 5.91 Å². The number of amides is 1. The second-order valence-electron chi connectivity index (χ2n) is 8.32. The fourth-order valence-corrected chi connectivity index (χ4v) is 5.21. The smallest absolute Gasteiger partial charge is 0.258 e. The van der Waals surface area contributed by atoms with Crippen LogP contribution in [0, 0.1) is 11.8 Å². The highest BCUT2D eigenvalue weighted by molar-refractivity contribution is 5.82. The van der Waals surface area contributed by atoms with Crippen molar-refractivity contribution < 1.29 is 9.90 Å². The molecule has 1 saturated heterocycles. The summed E-state index contributed by atoms with van der Waals surface area (Å²) in [4.78, 5) is 30.1. The van der Waals surface area contributed by atoms with E-state index in [9.17, 15) is 14.7 Å². The number of aromatic nitrogens is 1. The first-order chi connectivity index (χ1) is 14.0. The van der Waals surface area contributed by atoms with Crippen molar-refractivity contribution in [2.24, 2.45) is 11.8 Å². The van der Waals surface area contributed by atoms with Crippen molar-refractivity contribution in [2.45, 2.75) is 32.0 Å². The molecular weight excluding hydrogens is 366 g/mol. The van der Waals surface area contributed by atoms with Crippen molar-refractivity contribution in [1.82, 2.24) is 14.4 Å². The maximum absolute atomic E-state index is 13.3. The van der Waals surface area contributed by atoms with Gasteiger partial charge in [-0.3, -0.25) is 14.5 Å². The molecule has 6 nitrogen and oxygen atoms in total. The highest BCUT2D eigenvalue weighted by atomic mass is 16.3. The molecule has 0 spiro atoms. The summed E-state index contributed by atoms with van der Waals surface area (Å²) in [5.74, 6) is -0.0956. The van der Waals surface area contributed by atoms with Crippen LogP contribution in [-0.2, 0) is 11.3 Å². The largest absolute Gasteiger partial charge is 0.396 e. The van der Waals surface area contributed by atoms with Gasteiger partial charge in [0.15, 0.2) is 0 Å². The average Bonchev–Trinajstić information content (AvgIpc) is 3.24. The minimum absolute atomic E-state index is 0.00623. The molecule has 0 saturated carbocycles. The Morgan fingerprint density at radius 2 is 1.90 bits per heavy atom. The van der Waals surface area contributed by atoms with E-state index in [2.05, 4.69) is 11.8 Å². The second kappa shape index (κ2) is 7.76. The summed E-state index contributed by atoms with van der Waals surface area (Å²) in [6.07, 6.45) is 0.908. The van der Waals surface area contributed by atoms with E-state index in [4.69, 9.17) is 0 Å². The zero-order chi connectivity index (χ0) is 20.7. The molecule has 29 heavy (non-hydrogen) atoms. The second-order valence-corrected chi connectivity index (χ2v) is 8.32. The lowest BCUT2D eigenvalue weighted by Gasteiger charge is -2.32. The minimum Gasteiger partial charge on any atom is -0.396 e. The number of rotatable bonds is 5. The van der Waals surface area contributed by atoms with Gasteiger partial charge < -0.3 is 14.6 Å². The molecule has 1 aromatic heterocycles. The topological polar surface area (TPSA) is 65.8 Å². The van der Waals surface area contributed by atoms with E-state index in [0.717, 1.165) is 24.2 Å². The van der Waals surface area contributed by atoms with Crippen LogP contribution in [0.2, 0.25) is 0 Å². The van der Waals surface area contributed by atoms with Crippen molar-refractivity contribution in [3.8, 4) is 11.1 Å². The number of aliphatic hydroxyl groups excluding tert-OH is 1. The van der Waals surface area contributed by atoms with Crippen LogP contribution < -0.4 is 5.56 Å². The molecule has 1 N–H and O–H groups in total. The van der Waals surface area contributed by atoms with Gasteiger partial charge in [0.2, 0.25) is 5.91 Å². The number of carbonyl (C=O) groups is 1. The fourth-order valence-electron chi connectivity index (χ4n) is 5.21. The number of hydrogen-bond donors (Lipinski definition) is 1. The summed E-state index contributed by atoms with van der Waals surface area (Å²) >= 11 is 0. The maximum atomic E-state index is 13.3. The standard InChI is InChI=1S/C23H29N3O3/c1-4-12-25-20-17(18(14-27)21(25)23(29)24(2)3)13-26-19(20)11-10-16(22(26)28)15-8-6-5-7-9-15/h5-11,17-18,20-21,27H,4,12-14H2,1-3H3/t17-,18-,20+,21-/m0/s1. The average molecular weight is 396 g/mol. The van der Waals surface area contributed by atoms with Crippen molar-refractivity contribution in [2.75, 3.05) is 27.2 Å². The number of likely N-dealkylation sites (tertiary alicyclic amines) is 1. The molecule has 6 heteroatoms. The van der Waals surface area contributed by atoms with Crippen LogP contribution >= 0.6 is 0 Å². The van der Waals surface area contributed by atoms with Gasteiger partial charge >= 0.3 is 0 Å². The van der Waals surface area contributed by atoms with Crippen LogP contribution in [0.5, 0.6) is 0 Å². The quantitative estimate of drug-likeness (QED) is 0.841. The molecule has 3 heterocycles. The van der Waals surface area contributed by atoms with E-state index >= 15 is 0 Å². The Bertz CT molecular complexity index is 954. The lowest BCUT2D eigenvalue weighted by Crippen LogP contribution is -2.48. The maximum Gasteiger partial charge on any atom is 0.258 e. The van der Waals surface area contributed by atoms with Crippen molar-refractivity contribution in [3.05, 3.63) is 58.5 Å². The van der Waals surface area contributed by atoms with Gasteiger partial charge in [0.05, 0.1) is 12.1 Å². The predicted molar refractivity (Wildman–Crippen MR) is 112 cm³/mol. The van der Waals surface area contributed by atoms with E-state index in [-0.39, 0.29) is 42.0 Å². The van der Waals surface area contributed by atoms with Crippen LogP contribution in [0.25, 0.3) is 11.1 Å². The number of pyridine rings is 1. The van der Waals surface area contributed by atoms with Crippen molar-refractivity contribution in [3.63, 3.8) is 0 Å². The molecule has 0 bridgehead atoms. The summed E-state index contributed by atoms with van der Waals surface area (Å²) in [6, 6.07) is 13.3. The van der Waals surface area contributed by atoms with Gasteiger partial charge in [0.1, 0.15) is 0 Å². The fraction of sp³-hybridized carbons (Fsp3) is 0.478. The summed E-state index contributed by atoms with van der Waals surface area (Å²) in [5, 5.41) is 10.2. The van der Waals surface area contributed by atoms with Gasteiger partial charge in [0.25, 0.3) is 5.56 Å². The Morgan fingerprint density at radius 1 is 1.17 bits per heavy atom. The van der Waals surface area contributed by atoms with E-state index < -0.39 is 0 Å². The number of hydrogen-bond acceptors (Lipinski definition) is 4. The Hall–Kier alpha value is -2.44. The molecule has 1 aromatic carbocycles. The van der Waals surface area contributed by atoms with Gasteiger partial charge in [-0.1, -0.05) is 37.3 Å². The zero-order valence-corrected chi connectivity index (χ0v) is 17.3. The number of carbonyl (C=O) groups excluding carboxylic acids is 1. The molecule has 2 aromatic rings. The highest BCUT2D eigenvalue weighted by Gasteiger charge is 2.55. The SMILES string of the molecule is CCCN1[C@H](C(=O)N(C)C)[C@@H](CO)[C@@H]2Cn3c(ccc(-c4ccccc4)c3=O)[C@@H]21. The van der Waals surface area contributed by atoms with E-state index in [1.807, 2.05) is 47.0 Å². The molecule has 2 aliphatic heterocycles. The molecule has 2 aliphatic rings. The van der Waals surface area contributed by atoms with E-state index in [1.54, 1.807) is 19.0 Å². The predicted octanol–water partition coefficient (Wildman–Crippen LogP) is 1.98. The molecule has 1 amide bonds. The monoisotopic (exact) mass is 395 g/mol. The Balaban J connectivity index is 1.79. The lowest BCUT2D eigenvalue weighted by atomic mass is 9.88. The molecule has 0 unspecified atom stereocenters. The van der Waals surface area contributed by atoms with E-state index in [0.29, 0.717) is 12.1 Å². The van der Waals surface area contributed by atoms with Gasteiger partial charge in [0, 0.05) is 50.3 Å². The summed E-state index contributed by atoms with van der Waals surface area (Å²) < 4.78 is 1.86. The highest BCUT2D eigenvalue weighted by Crippen LogP contribution is 2.49. The number of likely N-dealkylation sites (N-methyl/N-ethyl adjacent to an activating group) is 1. The molecule has 4 rings (SSSR count). The molecule has 4 atom stereocenters. The van der Waals surface area contributed by atoms with E-state index in [1.165, 1.54) is 0 Å². The third kappa shape index (κ3) is 3.11. The normalized spacial score (nSPS) is 25.7. The first-order valence-electron chi connectivity index (χ1n) is 10.4. The molecular formula is C23H29N3O3. The summed E-state index contributed by atoms with van der Waals surface area (Å²) in [6.45, 7) is 3.34. The van der Waals surface area contributed by atoms with Crippen LogP contribution in [0.15, 0.2) is 47.3 Å². The first kappa shape index (κ1) is 19.9. The third-order valence-corrected chi connectivity index (χ3v) is 6.45. The van der Waals surface area contributed by atoms with Crippen LogP contribution in [0.1, 0.15) is 25.1 Å². The zero-order valence-electron chi connectivity index (χ0n) is 17.3. The summed E-state index contributed by atoms with van der Waals surface area (Å²) in [5.41, 5.74) is 2.57. The van der Waals surface area contributed by atoms with Crippen LogP contribution in [0.4, 0.5) is 0 Å². The third-order valence-electron chi connectivity index (χ3n) is 6.45. The van der Waals surface area contributed by atoms with Crippen molar-refractivity contribution in [1.29, 1.82) is 0 Å². The Morgan fingerprint density at radius 3 is 2.52 bits per heavy atom. The summed E-state index contributed by atoms with van der Waals surface area (Å²) in [7, 11) is 3.53. The minimum atomic E-state index is -0.345. The molecule has 0 aliphatic carbocycles. The molecule has 1 fully saturated rings. The molecule has 154 valence electrons. The first-order valence-corrected chi connectivity index (χ1v) is 10.4. The number of fused-ring (bicyclic) bond motifs is 3. The van der Waals surface area contributed by atoms with Gasteiger partial charge in [-0.2, -0.15) is 0 Å².